The van der Waals surface area contributed by atoms with Crippen LogP contribution in [0.4, 0.5) is 0 Å². The summed E-state index contributed by atoms with van der Waals surface area (Å²) < 4.78 is 2.59. The van der Waals surface area contributed by atoms with E-state index in [4.69, 9.17) is 0 Å². The number of aryl methyl sites for hydroxylation is 1. The molecule has 0 radical (unpaired) electrons. The minimum absolute atomic E-state index is 0.642. The Balaban J connectivity index is 2.41. The largest absolute Gasteiger partial charge is 0.275 e. The van der Waals surface area contributed by atoms with E-state index in [9.17, 15) is 0 Å². The maximum Gasteiger partial charge on any atom is 0.180 e. The van der Waals surface area contributed by atoms with Crippen LogP contribution in [0.5, 0.6) is 0 Å². The number of halogens is 1. The first-order chi connectivity index (χ1) is 6.25. The second kappa shape index (κ2) is 3.26. The standard InChI is InChI=1S/C8H7BrN4/c1-13-3-2-7(12-13)8-10-4-6(9)5-11-8/h2-5H,1H3. The predicted octanol–water partition coefficient (Wildman–Crippen LogP) is 1.64. The minimum Gasteiger partial charge on any atom is -0.275 e. The summed E-state index contributed by atoms with van der Waals surface area (Å²) >= 11 is 3.27. The molecule has 2 heterocycles. The quantitative estimate of drug-likeness (QED) is 0.759. The van der Waals surface area contributed by atoms with Crippen molar-refractivity contribution in [2.75, 3.05) is 0 Å². The fraction of sp³-hybridized carbons (Fsp3) is 0.125. The van der Waals surface area contributed by atoms with Crippen LogP contribution in [0.25, 0.3) is 11.5 Å². The van der Waals surface area contributed by atoms with Crippen molar-refractivity contribution in [1.29, 1.82) is 0 Å². The lowest BCUT2D eigenvalue weighted by Crippen LogP contribution is -1.91. The topological polar surface area (TPSA) is 43.6 Å². The molecule has 0 saturated carbocycles. The van der Waals surface area contributed by atoms with Gasteiger partial charge in [-0.3, -0.25) is 4.68 Å². The molecule has 66 valence electrons. The molecule has 2 aromatic rings. The molecular weight excluding hydrogens is 232 g/mol. The van der Waals surface area contributed by atoms with Crippen molar-refractivity contribution in [1.82, 2.24) is 19.7 Å². The molecule has 4 nitrogen and oxygen atoms in total. The third kappa shape index (κ3) is 1.75. The van der Waals surface area contributed by atoms with Gasteiger partial charge in [-0.1, -0.05) is 0 Å². The Hall–Kier alpha value is -1.23. The van der Waals surface area contributed by atoms with Crippen LogP contribution in [0.1, 0.15) is 0 Å². The second-order valence-electron chi connectivity index (χ2n) is 2.60. The molecule has 13 heavy (non-hydrogen) atoms. The lowest BCUT2D eigenvalue weighted by atomic mass is 10.4. The Labute approximate surface area is 83.8 Å². The molecule has 0 saturated heterocycles. The fourth-order valence-electron chi connectivity index (χ4n) is 0.979. The van der Waals surface area contributed by atoms with Crippen LogP contribution in [0.15, 0.2) is 29.1 Å². The van der Waals surface area contributed by atoms with Crippen LogP contribution in [-0.4, -0.2) is 19.7 Å². The third-order valence-electron chi connectivity index (χ3n) is 1.56. The summed E-state index contributed by atoms with van der Waals surface area (Å²) in [5.74, 6) is 0.642. The molecule has 0 N–H and O–H groups in total. The Bertz CT molecular complexity index is 406. The van der Waals surface area contributed by atoms with Gasteiger partial charge >= 0.3 is 0 Å². The predicted molar refractivity (Wildman–Crippen MR) is 51.9 cm³/mol. The van der Waals surface area contributed by atoms with Gasteiger partial charge in [0.1, 0.15) is 5.69 Å². The zero-order valence-electron chi connectivity index (χ0n) is 6.98. The van der Waals surface area contributed by atoms with Gasteiger partial charge in [0.05, 0.1) is 4.47 Å². The summed E-state index contributed by atoms with van der Waals surface area (Å²) in [6.07, 6.45) is 5.27. The summed E-state index contributed by atoms with van der Waals surface area (Å²) in [5.41, 5.74) is 0.787. The maximum absolute atomic E-state index is 4.19. The van der Waals surface area contributed by atoms with E-state index in [1.165, 1.54) is 0 Å². The van der Waals surface area contributed by atoms with Crippen molar-refractivity contribution in [2.24, 2.45) is 7.05 Å². The molecule has 0 atom stereocenters. The number of nitrogens with zero attached hydrogens (tertiary/aromatic N) is 4. The van der Waals surface area contributed by atoms with Crippen LogP contribution in [-0.2, 0) is 7.05 Å². The molecular formula is C8H7BrN4. The van der Waals surface area contributed by atoms with Crippen LogP contribution in [0, 0.1) is 0 Å². The van der Waals surface area contributed by atoms with Gasteiger partial charge in [0.2, 0.25) is 0 Å². The SMILES string of the molecule is Cn1ccc(-c2ncc(Br)cn2)n1. The zero-order valence-corrected chi connectivity index (χ0v) is 8.56. The van der Waals surface area contributed by atoms with Crippen molar-refractivity contribution < 1.29 is 0 Å². The highest BCUT2D eigenvalue weighted by Crippen LogP contribution is 2.12. The molecule has 2 aromatic heterocycles. The lowest BCUT2D eigenvalue weighted by molar-refractivity contribution is 0.768. The van der Waals surface area contributed by atoms with Gasteiger partial charge in [-0.2, -0.15) is 5.10 Å². The van der Waals surface area contributed by atoms with Crippen molar-refractivity contribution in [3.63, 3.8) is 0 Å². The Morgan fingerprint density at radius 2 is 2.00 bits per heavy atom. The third-order valence-corrected chi connectivity index (χ3v) is 1.97. The first-order valence-electron chi connectivity index (χ1n) is 3.73. The lowest BCUT2D eigenvalue weighted by Gasteiger charge is -1.93. The number of aromatic nitrogens is 4. The van der Waals surface area contributed by atoms with E-state index in [1.54, 1.807) is 17.1 Å². The van der Waals surface area contributed by atoms with Gasteiger partial charge < -0.3 is 0 Å². The maximum atomic E-state index is 4.19. The van der Waals surface area contributed by atoms with Gasteiger partial charge in [0, 0.05) is 25.6 Å². The van der Waals surface area contributed by atoms with Gasteiger partial charge in [0.15, 0.2) is 5.82 Å². The molecule has 0 amide bonds. The van der Waals surface area contributed by atoms with E-state index in [0.717, 1.165) is 10.2 Å². The average molecular weight is 239 g/mol. The molecule has 0 aliphatic rings. The molecule has 2 rings (SSSR count). The number of rotatable bonds is 1. The molecule has 0 unspecified atom stereocenters. The summed E-state index contributed by atoms with van der Waals surface area (Å²) in [7, 11) is 1.86. The second-order valence-corrected chi connectivity index (χ2v) is 3.52. The Kier molecular flexibility index (Phi) is 2.10. The van der Waals surface area contributed by atoms with E-state index in [0.29, 0.717) is 5.82 Å². The van der Waals surface area contributed by atoms with E-state index in [2.05, 4.69) is 31.0 Å². The molecule has 0 aliphatic carbocycles. The van der Waals surface area contributed by atoms with Crippen molar-refractivity contribution in [2.45, 2.75) is 0 Å². The number of hydrogen-bond donors (Lipinski definition) is 0. The average Bonchev–Trinajstić information content (AvgIpc) is 2.53. The molecule has 0 bridgehead atoms. The fourth-order valence-corrected chi connectivity index (χ4v) is 1.18. The Morgan fingerprint density at radius 3 is 2.54 bits per heavy atom. The van der Waals surface area contributed by atoms with Crippen LogP contribution < -0.4 is 0 Å². The normalized spacial score (nSPS) is 10.3. The Morgan fingerprint density at radius 1 is 1.31 bits per heavy atom. The molecule has 0 spiro atoms. The van der Waals surface area contributed by atoms with Crippen molar-refractivity contribution in [3.8, 4) is 11.5 Å². The highest BCUT2D eigenvalue weighted by atomic mass is 79.9. The smallest absolute Gasteiger partial charge is 0.180 e. The summed E-state index contributed by atoms with van der Waals surface area (Å²) in [6, 6.07) is 1.88. The molecule has 0 fully saturated rings. The van der Waals surface area contributed by atoms with E-state index in [1.807, 2.05) is 19.3 Å². The van der Waals surface area contributed by atoms with Crippen molar-refractivity contribution in [3.05, 3.63) is 29.1 Å². The number of hydrogen-bond acceptors (Lipinski definition) is 3. The van der Waals surface area contributed by atoms with Crippen LogP contribution >= 0.6 is 15.9 Å². The van der Waals surface area contributed by atoms with E-state index < -0.39 is 0 Å². The summed E-state index contributed by atoms with van der Waals surface area (Å²) in [6.45, 7) is 0. The summed E-state index contributed by atoms with van der Waals surface area (Å²) in [5, 5.41) is 4.19. The van der Waals surface area contributed by atoms with Gasteiger partial charge in [0.25, 0.3) is 0 Å². The van der Waals surface area contributed by atoms with Gasteiger partial charge in [-0.25, -0.2) is 9.97 Å². The van der Waals surface area contributed by atoms with E-state index >= 15 is 0 Å². The van der Waals surface area contributed by atoms with E-state index in [-0.39, 0.29) is 0 Å². The molecule has 5 heteroatoms. The highest BCUT2D eigenvalue weighted by Gasteiger charge is 2.02. The van der Waals surface area contributed by atoms with Crippen LogP contribution in [0.3, 0.4) is 0 Å². The first-order valence-corrected chi connectivity index (χ1v) is 4.52. The monoisotopic (exact) mass is 238 g/mol. The first kappa shape index (κ1) is 8.37. The van der Waals surface area contributed by atoms with Gasteiger partial charge in [-0.05, 0) is 22.0 Å². The summed E-state index contributed by atoms with van der Waals surface area (Å²) in [4.78, 5) is 8.26. The minimum atomic E-state index is 0.642. The molecule has 0 aliphatic heterocycles. The molecule has 0 aromatic carbocycles. The van der Waals surface area contributed by atoms with Gasteiger partial charge in [-0.15, -0.1) is 0 Å². The zero-order chi connectivity index (χ0) is 9.26. The van der Waals surface area contributed by atoms with Crippen LogP contribution in [0.2, 0.25) is 0 Å². The van der Waals surface area contributed by atoms with Crippen molar-refractivity contribution >= 4 is 15.9 Å². The highest BCUT2D eigenvalue weighted by molar-refractivity contribution is 9.10.